The molecule has 1 atom stereocenters. The summed E-state index contributed by atoms with van der Waals surface area (Å²) in [7, 11) is 0. The zero-order valence-electron chi connectivity index (χ0n) is 11.1. The van der Waals surface area contributed by atoms with E-state index in [4.69, 9.17) is 0 Å². The molecule has 0 aromatic heterocycles. The molecule has 3 rings (SSSR count). The van der Waals surface area contributed by atoms with E-state index in [0.717, 1.165) is 36.0 Å². The van der Waals surface area contributed by atoms with Crippen LogP contribution in [0.3, 0.4) is 0 Å². The second-order valence-electron chi connectivity index (χ2n) is 5.08. The fourth-order valence-electron chi connectivity index (χ4n) is 2.71. The van der Waals surface area contributed by atoms with Crippen LogP contribution in [-0.4, -0.2) is 36.5 Å². The number of carbonyl (C=O) groups excluding carboxylic acids is 1. The average Bonchev–Trinajstić information content (AvgIpc) is 2.46. The number of hydrogen-bond acceptors (Lipinski definition) is 2. The summed E-state index contributed by atoms with van der Waals surface area (Å²) in [4.78, 5) is 14.7. The van der Waals surface area contributed by atoms with Gasteiger partial charge in [-0.1, -0.05) is 36.4 Å². The Morgan fingerprint density at radius 1 is 1.21 bits per heavy atom. The molecule has 1 aliphatic rings. The smallest absolute Gasteiger partial charge is 0.254 e. The summed E-state index contributed by atoms with van der Waals surface area (Å²) in [5.74, 6) is 0.144. The number of rotatable bonds is 1. The van der Waals surface area contributed by atoms with Crippen LogP contribution in [0.5, 0.6) is 0 Å². The number of fused-ring (bicyclic) bond motifs is 1. The molecule has 2 aromatic carbocycles. The minimum atomic E-state index is 0.144. The van der Waals surface area contributed by atoms with Crippen LogP contribution in [-0.2, 0) is 0 Å². The average molecular weight is 254 g/mol. The lowest BCUT2D eigenvalue weighted by Gasteiger charge is -2.34. The van der Waals surface area contributed by atoms with Gasteiger partial charge in [-0.25, -0.2) is 0 Å². The zero-order valence-corrected chi connectivity index (χ0v) is 11.1. The largest absolute Gasteiger partial charge is 0.333 e. The summed E-state index contributed by atoms with van der Waals surface area (Å²) in [6.07, 6.45) is 0. The van der Waals surface area contributed by atoms with E-state index in [2.05, 4.69) is 12.2 Å². The van der Waals surface area contributed by atoms with Gasteiger partial charge in [-0.2, -0.15) is 0 Å². The number of nitrogens with one attached hydrogen (secondary N) is 1. The van der Waals surface area contributed by atoms with Gasteiger partial charge in [-0.05, 0) is 23.8 Å². The molecule has 0 aliphatic carbocycles. The highest BCUT2D eigenvalue weighted by Crippen LogP contribution is 2.21. The highest BCUT2D eigenvalue weighted by atomic mass is 16.2. The van der Waals surface area contributed by atoms with Crippen LogP contribution >= 0.6 is 0 Å². The predicted octanol–water partition coefficient (Wildman–Crippen LogP) is 2.27. The minimum absolute atomic E-state index is 0.144. The first-order valence-corrected chi connectivity index (χ1v) is 6.77. The van der Waals surface area contributed by atoms with Crippen molar-refractivity contribution in [1.82, 2.24) is 10.2 Å². The zero-order chi connectivity index (χ0) is 13.2. The maximum Gasteiger partial charge on any atom is 0.254 e. The van der Waals surface area contributed by atoms with Crippen molar-refractivity contribution in [3.63, 3.8) is 0 Å². The van der Waals surface area contributed by atoms with Crippen LogP contribution in [0.4, 0.5) is 0 Å². The molecule has 2 aromatic rings. The van der Waals surface area contributed by atoms with Gasteiger partial charge in [0.15, 0.2) is 0 Å². The molecular formula is C16H18N2O. The van der Waals surface area contributed by atoms with E-state index in [1.165, 1.54) is 0 Å². The summed E-state index contributed by atoms with van der Waals surface area (Å²) in [6, 6.07) is 14.3. The molecule has 1 unspecified atom stereocenters. The summed E-state index contributed by atoms with van der Waals surface area (Å²) in [6.45, 7) is 4.62. The van der Waals surface area contributed by atoms with Crippen molar-refractivity contribution in [3.05, 3.63) is 48.0 Å². The molecular weight excluding hydrogens is 236 g/mol. The maximum atomic E-state index is 12.7. The molecule has 3 nitrogen and oxygen atoms in total. The van der Waals surface area contributed by atoms with E-state index < -0.39 is 0 Å². The summed E-state index contributed by atoms with van der Waals surface area (Å²) in [5, 5.41) is 5.48. The number of hydrogen-bond donors (Lipinski definition) is 1. The molecule has 1 saturated heterocycles. The highest BCUT2D eigenvalue weighted by Gasteiger charge is 2.24. The van der Waals surface area contributed by atoms with Crippen molar-refractivity contribution in [3.8, 4) is 0 Å². The molecule has 98 valence electrons. The third kappa shape index (κ3) is 2.22. The number of nitrogens with zero attached hydrogens (tertiary/aromatic N) is 1. The molecule has 1 heterocycles. The topological polar surface area (TPSA) is 32.3 Å². The lowest BCUT2D eigenvalue weighted by molar-refractivity contribution is 0.0658. The number of amides is 1. The van der Waals surface area contributed by atoms with Crippen molar-refractivity contribution >= 4 is 16.7 Å². The molecule has 1 aliphatic heterocycles. The van der Waals surface area contributed by atoms with E-state index in [1.807, 2.05) is 47.4 Å². The molecule has 19 heavy (non-hydrogen) atoms. The normalized spacial score (nSPS) is 19.6. The van der Waals surface area contributed by atoms with Crippen molar-refractivity contribution in [2.24, 2.45) is 0 Å². The second-order valence-corrected chi connectivity index (χ2v) is 5.08. The van der Waals surface area contributed by atoms with E-state index in [0.29, 0.717) is 0 Å². The molecule has 3 heteroatoms. The van der Waals surface area contributed by atoms with E-state index in [-0.39, 0.29) is 11.9 Å². The minimum Gasteiger partial charge on any atom is -0.333 e. The molecule has 1 amide bonds. The Morgan fingerprint density at radius 2 is 2.00 bits per heavy atom. The SMILES string of the molecule is CC1CNCCN1C(=O)c1cccc2ccccc12. The Bertz CT molecular complexity index is 603. The van der Waals surface area contributed by atoms with Gasteiger partial charge < -0.3 is 10.2 Å². The van der Waals surface area contributed by atoms with Crippen LogP contribution < -0.4 is 5.32 Å². The summed E-state index contributed by atoms with van der Waals surface area (Å²) >= 11 is 0. The Balaban J connectivity index is 2.01. The van der Waals surface area contributed by atoms with Gasteiger partial charge >= 0.3 is 0 Å². The standard InChI is InChI=1S/C16H18N2O/c1-12-11-17-9-10-18(12)16(19)15-8-4-6-13-5-2-3-7-14(13)15/h2-8,12,17H,9-11H2,1H3. The molecule has 0 spiro atoms. The first kappa shape index (κ1) is 12.2. The summed E-state index contributed by atoms with van der Waals surface area (Å²) in [5.41, 5.74) is 0.812. The van der Waals surface area contributed by atoms with E-state index >= 15 is 0 Å². The Hall–Kier alpha value is -1.87. The Kier molecular flexibility index (Phi) is 3.22. The first-order valence-electron chi connectivity index (χ1n) is 6.77. The third-order valence-electron chi connectivity index (χ3n) is 3.78. The van der Waals surface area contributed by atoms with Crippen LogP contribution in [0.2, 0.25) is 0 Å². The molecule has 1 N–H and O–H groups in total. The fourth-order valence-corrected chi connectivity index (χ4v) is 2.71. The molecule has 0 saturated carbocycles. The predicted molar refractivity (Wildman–Crippen MR) is 77.3 cm³/mol. The number of piperazine rings is 1. The molecule has 0 bridgehead atoms. The number of benzene rings is 2. The van der Waals surface area contributed by atoms with Crippen LogP contribution in [0, 0.1) is 0 Å². The van der Waals surface area contributed by atoms with Crippen molar-refractivity contribution in [2.45, 2.75) is 13.0 Å². The van der Waals surface area contributed by atoms with Gasteiger partial charge in [0.05, 0.1) is 0 Å². The second kappa shape index (κ2) is 5.02. The summed E-state index contributed by atoms with van der Waals surface area (Å²) < 4.78 is 0. The molecule has 0 radical (unpaired) electrons. The third-order valence-corrected chi connectivity index (χ3v) is 3.78. The maximum absolute atomic E-state index is 12.7. The van der Waals surface area contributed by atoms with Crippen LogP contribution in [0.1, 0.15) is 17.3 Å². The Labute approximate surface area is 113 Å². The van der Waals surface area contributed by atoms with E-state index in [1.54, 1.807) is 0 Å². The van der Waals surface area contributed by atoms with Crippen molar-refractivity contribution < 1.29 is 4.79 Å². The van der Waals surface area contributed by atoms with Crippen LogP contribution in [0.25, 0.3) is 10.8 Å². The van der Waals surface area contributed by atoms with Gasteiger partial charge in [-0.3, -0.25) is 4.79 Å². The lowest BCUT2D eigenvalue weighted by atomic mass is 10.0. The van der Waals surface area contributed by atoms with E-state index in [9.17, 15) is 4.79 Å². The number of carbonyl (C=O) groups is 1. The first-order chi connectivity index (χ1) is 9.27. The Morgan fingerprint density at radius 3 is 2.84 bits per heavy atom. The van der Waals surface area contributed by atoms with Gasteiger partial charge in [0.25, 0.3) is 5.91 Å². The van der Waals surface area contributed by atoms with Gasteiger partial charge in [0.2, 0.25) is 0 Å². The highest BCUT2D eigenvalue weighted by molar-refractivity contribution is 6.07. The quantitative estimate of drug-likeness (QED) is 0.846. The van der Waals surface area contributed by atoms with Crippen molar-refractivity contribution in [2.75, 3.05) is 19.6 Å². The van der Waals surface area contributed by atoms with Crippen molar-refractivity contribution in [1.29, 1.82) is 0 Å². The monoisotopic (exact) mass is 254 g/mol. The van der Waals surface area contributed by atoms with Crippen LogP contribution in [0.15, 0.2) is 42.5 Å². The van der Waals surface area contributed by atoms with Gasteiger partial charge in [0.1, 0.15) is 0 Å². The van der Waals surface area contributed by atoms with Gasteiger partial charge in [0, 0.05) is 31.2 Å². The molecule has 1 fully saturated rings. The fraction of sp³-hybridized carbons (Fsp3) is 0.312. The van der Waals surface area contributed by atoms with Gasteiger partial charge in [-0.15, -0.1) is 0 Å². The lowest BCUT2D eigenvalue weighted by Crippen LogP contribution is -2.52.